The minimum atomic E-state index is -0.446. The number of carbonyl (C=O) groups excluding carboxylic acids is 1. The van der Waals surface area contributed by atoms with Gasteiger partial charge in [0.05, 0.1) is 13.7 Å². The number of hydrogen-bond donors (Lipinski definition) is 1. The third kappa shape index (κ3) is 5.75. The van der Waals surface area contributed by atoms with Crippen LogP contribution in [-0.2, 0) is 9.53 Å². The SMILES string of the molecule is COc1cccc(C(C)NCC(=O)OC(C)(C)C)c1. The number of ether oxygens (including phenoxy) is 2. The molecule has 0 bridgehead atoms. The highest BCUT2D eigenvalue weighted by atomic mass is 16.6. The van der Waals surface area contributed by atoms with Crippen LogP contribution in [0.15, 0.2) is 24.3 Å². The van der Waals surface area contributed by atoms with Gasteiger partial charge in [-0.3, -0.25) is 4.79 Å². The molecule has 1 aromatic rings. The highest BCUT2D eigenvalue weighted by Crippen LogP contribution is 2.18. The number of esters is 1. The van der Waals surface area contributed by atoms with Crippen LogP contribution < -0.4 is 10.1 Å². The maximum atomic E-state index is 11.6. The van der Waals surface area contributed by atoms with E-state index >= 15 is 0 Å². The molecule has 0 amide bonds. The van der Waals surface area contributed by atoms with E-state index in [9.17, 15) is 4.79 Å². The van der Waals surface area contributed by atoms with Crippen molar-refractivity contribution in [2.45, 2.75) is 39.3 Å². The number of methoxy groups -OCH3 is 1. The van der Waals surface area contributed by atoms with Crippen molar-refractivity contribution in [2.75, 3.05) is 13.7 Å². The van der Waals surface area contributed by atoms with Gasteiger partial charge in [-0.2, -0.15) is 0 Å². The first-order valence-electron chi connectivity index (χ1n) is 6.41. The Morgan fingerprint density at radius 1 is 1.37 bits per heavy atom. The van der Waals surface area contributed by atoms with Gasteiger partial charge in [0.2, 0.25) is 0 Å². The summed E-state index contributed by atoms with van der Waals surface area (Å²) < 4.78 is 10.4. The van der Waals surface area contributed by atoms with E-state index in [1.807, 2.05) is 52.0 Å². The van der Waals surface area contributed by atoms with Crippen molar-refractivity contribution in [3.05, 3.63) is 29.8 Å². The standard InChI is InChI=1S/C15H23NO3/c1-11(12-7-6-8-13(9-12)18-5)16-10-14(17)19-15(2,3)4/h6-9,11,16H,10H2,1-5H3. The molecule has 1 atom stereocenters. The number of rotatable bonds is 5. The van der Waals surface area contributed by atoms with Crippen LogP contribution in [0, 0.1) is 0 Å². The lowest BCUT2D eigenvalue weighted by Crippen LogP contribution is -2.32. The lowest BCUT2D eigenvalue weighted by Gasteiger charge is -2.21. The molecule has 1 rings (SSSR count). The number of hydrogen-bond acceptors (Lipinski definition) is 4. The van der Waals surface area contributed by atoms with Gasteiger partial charge in [-0.25, -0.2) is 0 Å². The highest BCUT2D eigenvalue weighted by molar-refractivity contribution is 5.72. The average Bonchev–Trinajstić information content (AvgIpc) is 2.34. The molecule has 19 heavy (non-hydrogen) atoms. The van der Waals surface area contributed by atoms with E-state index < -0.39 is 5.60 Å². The first-order valence-corrected chi connectivity index (χ1v) is 6.41. The molecule has 0 aliphatic carbocycles. The van der Waals surface area contributed by atoms with Crippen LogP contribution in [0.1, 0.15) is 39.3 Å². The zero-order chi connectivity index (χ0) is 14.5. The van der Waals surface area contributed by atoms with Crippen molar-refractivity contribution >= 4 is 5.97 Å². The van der Waals surface area contributed by atoms with Crippen LogP contribution >= 0.6 is 0 Å². The van der Waals surface area contributed by atoms with Crippen molar-refractivity contribution in [3.63, 3.8) is 0 Å². The zero-order valence-electron chi connectivity index (χ0n) is 12.3. The molecule has 0 spiro atoms. The van der Waals surface area contributed by atoms with Crippen molar-refractivity contribution in [1.82, 2.24) is 5.32 Å². The van der Waals surface area contributed by atoms with Crippen LogP contribution in [0.2, 0.25) is 0 Å². The molecule has 0 saturated heterocycles. The smallest absolute Gasteiger partial charge is 0.320 e. The van der Waals surface area contributed by atoms with Crippen molar-refractivity contribution in [2.24, 2.45) is 0 Å². The topological polar surface area (TPSA) is 47.6 Å². The Morgan fingerprint density at radius 3 is 2.63 bits per heavy atom. The Morgan fingerprint density at radius 2 is 2.05 bits per heavy atom. The maximum Gasteiger partial charge on any atom is 0.320 e. The van der Waals surface area contributed by atoms with E-state index in [1.165, 1.54) is 0 Å². The van der Waals surface area contributed by atoms with Gasteiger partial charge >= 0.3 is 5.97 Å². The third-order valence-electron chi connectivity index (χ3n) is 2.57. The molecule has 4 nitrogen and oxygen atoms in total. The lowest BCUT2D eigenvalue weighted by atomic mass is 10.1. The Balaban J connectivity index is 2.51. The summed E-state index contributed by atoms with van der Waals surface area (Å²) >= 11 is 0. The highest BCUT2D eigenvalue weighted by Gasteiger charge is 2.16. The quantitative estimate of drug-likeness (QED) is 0.832. The van der Waals surface area contributed by atoms with Gasteiger partial charge in [0.1, 0.15) is 11.4 Å². The number of benzene rings is 1. The van der Waals surface area contributed by atoms with Crippen LogP contribution in [0.5, 0.6) is 5.75 Å². The molecule has 0 aliphatic heterocycles. The molecule has 0 aromatic heterocycles. The Labute approximate surface area is 115 Å². The molecular formula is C15H23NO3. The minimum Gasteiger partial charge on any atom is -0.497 e. The minimum absolute atomic E-state index is 0.0580. The molecule has 0 aliphatic rings. The summed E-state index contributed by atoms with van der Waals surface area (Å²) in [6, 6.07) is 7.83. The van der Waals surface area contributed by atoms with E-state index in [4.69, 9.17) is 9.47 Å². The van der Waals surface area contributed by atoms with Gasteiger partial charge in [-0.15, -0.1) is 0 Å². The van der Waals surface area contributed by atoms with Gasteiger partial charge in [-0.1, -0.05) is 12.1 Å². The van der Waals surface area contributed by atoms with Crippen LogP contribution in [0.4, 0.5) is 0 Å². The Kier molecular flexibility index (Phi) is 5.36. The number of carbonyl (C=O) groups is 1. The molecule has 106 valence electrons. The fourth-order valence-electron chi connectivity index (χ4n) is 1.64. The van der Waals surface area contributed by atoms with E-state index in [1.54, 1.807) is 7.11 Å². The third-order valence-corrected chi connectivity index (χ3v) is 2.57. The van der Waals surface area contributed by atoms with Gasteiger partial charge in [-0.05, 0) is 45.4 Å². The predicted molar refractivity (Wildman–Crippen MR) is 75.3 cm³/mol. The maximum absolute atomic E-state index is 11.6. The first kappa shape index (κ1) is 15.5. The van der Waals surface area contributed by atoms with Crippen LogP contribution in [-0.4, -0.2) is 25.2 Å². The zero-order valence-corrected chi connectivity index (χ0v) is 12.3. The largest absolute Gasteiger partial charge is 0.497 e. The van der Waals surface area contributed by atoms with Crippen LogP contribution in [0.3, 0.4) is 0 Å². The molecule has 1 unspecified atom stereocenters. The molecule has 0 radical (unpaired) electrons. The van der Waals surface area contributed by atoms with Gasteiger partial charge in [0.15, 0.2) is 0 Å². The summed E-state index contributed by atoms with van der Waals surface area (Å²) in [7, 11) is 1.64. The molecule has 0 heterocycles. The first-order chi connectivity index (χ1) is 8.81. The summed E-state index contributed by atoms with van der Waals surface area (Å²) in [5.41, 5.74) is 0.626. The second kappa shape index (κ2) is 6.57. The predicted octanol–water partition coefficient (Wildman–Crippen LogP) is 2.69. The lowest BCUT2D eigenvalue weighted by molar-refractivity contribution is -0.153. The summed E-state index contributed by atoms with van der Waals surface area (Å²) in [6.07, 6.45) is 0. The van der Waals surface area contributed by atoms with Gasteiger partial charge in [0.25, 0.3) is 0 Å². The van der Waals surface area contributed by atoms with Crippen molar-refractivity contribution in [3.8, 4) is 5.75 Å². The van der Waals surface area contributed by atoms with Gasteiger partial charge < -0.3 is 14.8 Å². The fourth-order valence-corrected chi connectivity index (χ4v) is 1.64. The molecule has 4 heteroatoms. The molecule has 0 fully saturated rings. The number of nitrogens with one attached hydrogen (secondary N) is 1. The van der Waals surface area contributed by atoms with E-state index in [-0.39, 0.29) is 18.6 Å². The molecule has 1 aromatic carbocycles. The summed E-state index contributed by atoms with van der Waals surface area (Å²) in [4.78, 5) is 11.6. The van der Waals surface area contributed by atoms with Crippen molar-refractivity contribution < 1.29 is 14.3 Å². The molecule has 0 saturated carbocycles. The second-order valence-electron chi connectivity index (χ2n) is 5.47. The van der Waals surface area contributed by atoms with E-state index in [0.29, 0.717) is 0 Å². The Bertz CT molecular complexity index is 424. The second-order valence-corrected chi connectivity index (χ2v) is 5.47. The molecular weight excluding hydrogens is 242 g/mol. The Hall–Kier alpha value is -1.55. The van der Waals surface area contributed by atoms with Gasteiger partial charge in [0, 0.05) is 6.04 Å². The normalized spacial score (nSPS) is 12.9. The monoisotopic (exact) mass is 265 g/mol. The molecule has 1 N–H and O–H groups in total. The van der Waals surface area contributed by atoms with Crippen molar-refractivity contribution in [1.29, 1.82) is 0 Å². The fraction of sp³-hybridized carbons (Fsp3) is 0.533. The summed E-state index contributed by atoms with van der Waals surface area (Å²) in [5, 5.41) is 3.14. The van der Waals surface area contributed by atoms with E-state index in [0.717, 1.165) is 11.3 Å². The summed E-state index contributed by atoms with van der Waals surface area (Å²) in [6.45, 7) is 7.76. The average molecular weight is 265 g/mol. The van der Waals surface area contributed by atoms with Crippen LogP contribution in [0.25, 0.3) is 0 Å². The van der Waals surface area contributed by atoms with E-state index in [2.05, 4.69) is 5.32 Å². The summed E-state index contributed by atoms with van der Waals surface area (Å²) in [5.74, 6) is 0.561.